The van der Waals surface area contributed by atoms with Crippen LogP contribution in [-0.4, -0.2) is 9.97 Å². The highest BCUT2D eigenvalue weighted by molar-refractivity contribution is 9.10. The SMILES string of the molecule is Cc1cc(Oc2nc(Cl)nc3sccc23)cc(C)c1Br. The van der Waals surface area contributed by atoms with Crippen LogP contribution in [0, 0.1) is 13.8 Å². The van der Waals surface area contributed by atoms with Gasteiger partial charge in [-0.2, -0.15) is 4.98 Å². The number of aryl methyl sites for hydroxylation is 2. The lowest BCUT2D eigenvalue weighted by Gasteiger charge is -2.10. The van der Waals surface area contributed by atoms with E-state index < -0.39 is 0 Å². The molecule has 2 heterocycles. The van der Waals surface area contributed by atoms with Crippen LogP contribution in [0.3, 0.4) is 0 Å². The molecule has 0 unspecified atom stereocenters. The van der Waals surface area contributed by atoms with E-state index >= 15 is 0 Å². The van der Waals surface area contributed by atoms with Gasteiger partial charge in [-0.15, -0.1) is 11.3 Å². The number of aromatic nitrogens is 2. The Morgan fingerprint density at radius 3 is 2.60 bits per heavy atom. The number of fused-ring (bicyclic) bond motifs is 1. The zero-order valence-corrected chi connectivity index (χ0v) is 13.9. The molecule has 0 saturated heterocycles. The molecule has 0 aliphatic carbocycles. The number of ether oxygens (including phenoxy) is 1. The van der Waals surface area contributed by atoms with E-state index in [1.165, 1.54) is 11.3 Å². The third kappa shape index (κ3) is 2.53. The number of hydrogen-bond acceptors (Lipinski definition) is 4. The van der Waals surface area contributed by atoms with Gasteiger partial charge in [0, 0.05) is 4.47 Å². The fraction of sp³-hybridized carbons (Fsp3) is 0.143. The van der Waals surface area contributed by atoms with Crippen LogP contribution in [0.25, 0.3) is 10.2 Å². The van der Waals surface area contributed by atoms with E-state index in [0.717, 1.165) is 31.6 Å². The van der Waals surface area contributed by atoms with E-state index in [4.69, 9.17) is 16.3 Å². The zero-order valence-electron chi connectivity index (χ0n) is 10.8. The lowest BCUT2D eigenvalue weighted by Crippen LogP contribution is -1.93. The average Bonchev–Trinajstić information content (AvgIpc) is 2.84. The molecule has 1 aromatic carbocycles. The molecular formula is C14H10BrClN2OS. The maximum absolute atomic E-state index is 5.93. The van der Waals surface area contributed by atoms with Gasteiger partial charge >= 0.3 is 0 Å². The largest absolute Gasteiger partial charge is 0.438 e. The van der Waals surface area contributed by atoms with Crippen molar-refractivity contribution in [3.63, 3.8) is 0 Å². The Morgan fingerprint density at radius 2 is 1.90 bits per heavy atom. The van der Waals surface area contributed by atoms with Crippen molar-refractivity contribution >= 4 is 49.1 Å². The molecule has 6 heteroatoms. The molecule has 2 aromatic heterocycles. The quantitative estimate of drug-likeness (QED) is 0.558. The summed E-state index contributed by atoms with van der Waals surface area (Å²) >= 11 is 11.0. The Bertz CT molecular complexity index is 780. The van der Waals surface area contributed by atoms with Gasteiger partial charge in [0.25, 0.3) is 0 Å². The van der Waals surface area contributed by atoms with Crippen molar-refractivity contribution in [3.05, 3.63) is 44.5 Å². The molecule has 0 N–H and O–H groups in total. The fourth-order valence-corrected chi connectivity index (χ4v) is 3.15. The first-order valence-corrected chi connectivity index (χ1v) is 7.95. The zero-order chi connectivity index (χ0) is 14.3. The summed E-state index contributed by atoms with van der Waals surface area (Å²) in [6.07, 6.45) is 0. The van der Waals surface area contributed by atoms with E-state index in [1.807, 2.05) is 37.4 Å². The second kappa shape index (κ2) is 5.31. The summed E-state index contributed by atoms with van der Waals surface area (Å²) in [6.45, 7) is 4.05. The van der Waals surface area contributed by atoms with Crippen LogP contribution in [0.15, 0.2) is 28.1 Å². The predicted octanol–water partition coefficient (Wildman–Crippen LogP) is 5.52. The first-order valence-electron chi connectivity index (χ1n) is 5.90. The lowest BCUT2D eigenvalue weighted by molar-refractivity contribution is 0.467. The lowest BCUT2D eigenvalue weighted by atomic mass is 10.1. The van der Waals surface area contributed by atoms with Crippen molar-refractivity contribution in [2.24, 2.45) is 0 Å². The molecule has 0 atom stereocenters. The summed E-state index contributed by atoms with van der Waals surface area (Å²) in [5.74, 6) is 1.23. The van der Waals surface area contributed by atoms with Crippen LogP contribution in [0.4, 0.5) is 0 Å². The van der Waals surface area contributed by atoms with Gasteiger partial charge in [0.2, 0.25) is 11.2 Å². The van der Waals surface area contributed by atoms with E-state index in [-0.39, 0.29) is 5.28 Å². The molecule has 102 valence electrons. The van der Waals surface area contributed by atoms with E-state index in [2.05, 4.69) is 25.9 Å². The van der Waals surface area contributed by atoms with Crippen molar-refractivity contribution in [2.45, 2.75) is 13.8 Å². The van der Waals surface area contributed by atoms with Crippen molar-refractivity contribution in [2.75, 3.05) is 0 Å². The van der Waals surface area contributed by atoms with Gasteiger partial charge in [-0.05, 0) is 60.2 Å². The summed E-state index contributed by atoms with van der Waals surface area (Å²) in [7, 11) is 0. The molecule has 20 heavy (non-hydrogen) atoms. The molecule has 3 aromatic rings. The second-order valence-electron chi connectivity index (χ2n) is 4.41. The fourth-order valence-electron chi connectivity index (χ4n) is 1.96. The van der Waals surface area contributed by atoms with E-state index in [1.54, 1.807) is 0 Å². The summed E-state index contributed by atoms with van der Waals surface area (Å²) in [4.78, 5) is 9.17. The van der Waals surface area contributed by atoms with Crippen LogP contribution in [0.5, 0.6) is 11.6 Å². The Labute approximate surface area is 133 Å². The Hall–Kier alpha value is -1.17. The normalized spacial score (nSPS) is 11.0. The van der Waals surface area contributed by atoms with Gasteiger partial charge in [0.1, 0.15) is 10.6 Å². The van der Waals surface area contributed by atoms with Gasteiger partial charge < -0.3 is 4.74 Å². The van der Waals surface area contributed by atoms with Crippen molar-refractivity contribution in [1.29, 1.82) is 0 Å². The van der Waals surface area contributed by atoms with Crippen molar-refractivity contribution in [1.82, 2.24) is 9.97 Å². The third-order valence-electron chi connectivity index (χ3n) is 2.89. The number of nitrogens with zero attached hydrogens (tertiary/aromatic N) is 2. The van der Waals surface area contributed by atoms with Crippen LogP contribution < -0.4 is 4.74 Å². The third-order valence-corrected chi connectivity index (χ3v) is 5.11. The summed E-state index contributed by atoms with van der Waals surface area (Å²) in [5, 5.41) is 3.01. The minimum atomic E-state index is 0.195. The van der Waals surface area contributed by atoms with Crippen molar-refractivity contribution < 1.29 is 4.74 Å². The first-order chi connectivity index (χ1) is 9.54. The minimum absolute atomic E-state index is 0.195. The second-order valence-corrected chi connectivity index (χ2v) is 6.44. The maximum atomic E-state index is 5.93. The molecule has 0 amide bonds. The van der Waals surface area contributed by atoms with Crippen LogP contribution in [0.1, 0.15) is 11.1 Å². The van der Waals surface area contributed by atoms with Gasteiger partial charge in [0.05, 0.1) is 5.39 Å². The molecule has 0 aliphatic heterocycles. The van der Waals surface area contributed by atoms with Crippen LogP contribution in [-0.2, 0) is 0 Å². The van der Waals surface area contributed by atoms with Gasteiger partial charge in [0.15, 0.2) is 0 Å². The minimum Gasteiger partial charge on any atom is -0.438 e. The van der Waals surface area contributed by atoms with E-state index in [0.29, 0.717) is 5.88 Å². The molecule has 3 rings (SSSR count). The first kappa shape index (κ1) is 13.8. The number of thiophene rings is 1. The molecule has 0 radical (unpaired) electrons. The van der Waals surface area contributed by atoms with Gasteiger partial charge in [-0.25, -0.2) is 4.98 Å². The molecule has 0 spiro atoms. The Morgan fingerprint density at radius 1 is 1.20 bits per heavy atom. The standard InChI is InChI=1S/C14H10BrClN2OS/c1-7-5-9(6-8(2)11(7)15)19-12-10-3-4-20-13(10)18-14(16)17-12/h3-6H,1-2H3. The highest BCUT2D eigenvalue weighted by Crippen LogP contribution is 2.33. The predicted molar refractivity (Wildman–Crippen MR) is 86.1 cm³/mol. The summed E-state index contributed by atoms with van der Waals surface area (Å²) in [5.41, 5.74) is 2.23. The molecule has 0 aliphatic rings. The van der Waals surface area contributed by atoms with Gasteiger partial charge in [-0.3, -0.25) is 0 Å². The molecule has 0 bridgehead atoms. The number of rotatable bonds is 2. The molecule has 3 nitrogen and oxygen atoms in total. The number of benzene rings is 1. The van der Waals surface area contributed by atoms with Gasteiger partial charge in [-0.1, -0.05) is 15.9 Å². The Balaban J connectivity index is 2.07. The maximum Gasteiger partial charge on any atom is 0.232 e. The monoisotopic (exact) mass is 368 g/mol. The topological polar surface area (TPSA) is 35.0 Å². The highest BCUT2D eigenvalue weighted by Gasteiger charge is 2.11. The molecule has 0 fully saturated rings. The molecular weight excluding hydrogens is 360 g/mol. The number of halogens is 2. The average molecular weight is 370 g/mol. The molecule has 0 saturated carbocycles. The number of hydrogen-bond donors (Lipinski definition) is 0. The summed E-state index contributed by atoms with van der Waals surface area (Å²) < 4.78 is 6.99. The van der Waals surface area contributed by atoms with Crippen LogP contribution in [0.2, 0.25) is 5.28 Å². The summed E-state index contributed by atoms with van der Waals surface area (Å²) in [6, 6.07) is 5.86. The Kier molecular flexibility index (Phi) is 3.67. The smallest absolute Gasteiger partial charge is 0.232 e. The van der Waals surface area contributed by atoms with Crippen LogP contribution >= 0.6 is 38.9 Å². The van der Waals surface area contributed by atoms with E-state index in [9.17, 15) is 0 Å². The van der Waals surface area contributed by atoms with Crippen molar-refractivity contribution in [3.8, 4) is 11.6 Å². The highest BCUT2D eigenvalue weighted by atomic mass is 79.9.